The molecule has 0 aromatic carbocycles. The zero-order valence-electron chi connectivity index (χ0n) is 9.25. The van der Waals surface area contributed by atoms with Gasteiger partial charge in [0.1, 0.15) is 17.5 Å². The van der Waals surface area contributed by atoms with E-state index in [9.17, 15) is 4.79 Å². The van der Waals surface area contributed by atoms with E-state index in [4.69, 9.17) is 5.26 Å². The van der Waals surface area contributed by atoms with Crippen LogP contribution in [0, 0.1) is 11.3 Å². The van der Waals surface area contributed by atoms with Crippen molar-refractivity contribution in [1.82, 2.24) is 24.8 Å². The summed E-state index contributed by atoms with van der Waals surface area (Å²) in [4.78, 5) is 11.8. The molecule has 2 aromatic rings. The summed E-state index contributed by atoms with van der Waals surface area (Å²) in [6.07, 6.45) is 2.87. The number of nitriles is 1. The van der Waals surface area contributed by atoms with Gasteiger partial charge in [-0.3, -0.25) is 14.2 Å². The second kappa shape index (κ2) is 4.05. The molecule has 0 atom stereocenters. The third-order valence-corrected chi connectivity index (χ3v) is 2.13. The van der Waals surface area contributed by atoms with E-state index in [1.807, 2.05) is 6.07 Å². The molecule has 2 heterocycles. The van der Waals surface area contributed by atoms with Gasteiger partial charge in [-0.2, -0.15) is 10.4 Å². The summed E-state index contributed by atoms with van der Waals surface area (Å²) < 4.78 is 2.83. The van der Waals surface area contributed by atoms with Gasteiger partial charge >= 0.3 is 0 Å². The summed E-state index contributed by atoms with van der Waals surface area (Å²) in [7, 11) is 3.29. The smallest absolute Gasteiger partial charge is 0.279 e. The van der Waals surface area contributed by atoms with E-state index >= 15 is 0 Å². The number of hydrogen-bond donors (Lipinski definition) is 1. The van der Waals surface area contributed by atoms with Crippen LogP contribution in [-0.4, -0.2) is 30.7 Å². The average molecular weight is 231 g/mol. The molecule has 0 spiro atoms. The number of hydrogen-bond acceptors (Lipinski definition) is 5. The van der Waals surface area contributed by atoms with E-state index in [1.54, 1.807) is 14.1 Å². The Morgan fingerprint density at radius 3 is 2.88 bits per heavy atom. The van der Waals surface area contributed by atoms with Crippen molar-refractivity contribution >= 4 is 11.7 Å². The van der Waals surface area contributed by atoms with Crippen LogP contribution in [0.3, 0.4) is 0 Å². The van der Waals surface area contributed by atoms with Gasteiger partial charge in [0.2, 0.25) is 0 Å². The molecule has 0 radical (unpaired) electrons. The number of rotatable bonds is 2. The molecule has 2 aromatic heterocycles. The number of carbonyl (C=O) groups excluding carboxylic acids is 1. The van der Waals surface area contributed by atoms with E-state index in [1.165, 1.54) is 21.8 Å². The summed E-state index contributed by atoms with van der Waals surface area (Å²) in [6.45, 7) is 0. The van der Waals surface area contributed by atoms with Crippen molar-refractivity contribution in [2.45, 2.75) is 0 Å². The second-order valence-corrected chi connectivity index (χ2v) is 3.37. The number of aryl methyl sites for hydroxylation is 2. The lowest BCUT2D eigenvalue weighted by atomic mass is 10.3. The van der Waals surface area contributed by atoms with Crippen molar-refractivity contribution in [3.05, 3.63) is 23.7 Å². The predicted molar refractivity (Wildman–Crippen MR) is 56.9 cm³/mol. The molecule has 0 saturated heterocycles. The van der Waals surface area contributed by atoms with Crippen molar-refractivity contribution in [2.75, 3.05) is 5.32 Å². The van der Waals surface area contributed by atoms with Crippen molar-refractivity contribution in [2.24, 2.45) is 14.1 Å². The largest absolute Gasteiger partial charge is 0.304 e. The minimum Gasteiger partial charge on any atom is -0.304 e. The maximum absolute atomic E-state index is 11.8. The van der Waals surface area contributed by atoms with Crippen LogP contribution in [0.1, 0.15) is 16.1 Å². The van der Waals surface area contributed by atoms with Gasteiger partial charge in [0.15, 0.2) is 5.69 Å². The van der Waals surface area contributed by atoms with Crippen LogP contribution < -0.4 is 5.32 Å². The van der Waals surface area contributed by atoms with Crippen molar-refractivity contribution < 1.29 is 4.79 Å². The van der Waals surface area contributed by atoms with Crippen LogP contribution in [0.15, 0.2) is 12.4 Å². The highest BCUT2D eigenvalue weighted by atomic mass is 16.2. The molecule has 0 aliphatic carbocycles. The molecule has 8 nitrogen and oxygen atoms in total. The first-order valence-electron chi connectivity index (χ1n) is 4.71. The number of anilines is 1. The molecule has 0 unspecified atom stereocenters. The van der Waals surface area contributed by atoms with E-state index in [2.05, 4.69) is 20.7 Å². The third kappa shape index (κ3) is 1.98. The van der Waals surface area contributed by atoms with E-state index < -0.39 is 5.91 Å². The van der Waals surface area contributed by atoms with Gasteiger partial charge in [0.05, 0.1) is 12.4 Å². The van der Waals surface area contributed by atoms with Crippen molar-refractivity contribution in [1.29, 1.82) is 5.26 Å². The van der Waals surface area contributed by atoms with Gasteiger partial charge in [0, 0.05) is 14.1 Å². The standard InChI is InChI=1S/C9H9N7O/c1-15-5-7(13-14-15)9(17)12-8-6(3-10)4-11-16(8)2/h4-5H,1-2H3,(H,12,17). The van der Waals surface area contributed by atoms with Crippen LogP contribution in [0.2, 0.25) is 0 Å². The quantitative estimate of drug-likeness (QED) is 0.762. The van der Waals surface area contributed by atoms with E-state index in [-0.39, 0.29) is 5.69 Å². The lowest BCUT2D eigenvalue weighted by Crippen LogP contribution is -2.15. The molecular weight excluding hydrogens is 222 g/mol. The first-order chi connectivity index (χ1) is 8.11. The van der Waals surface area contributed by atoms with Gasteiger partial charge in [-0.25, -0.2) is 0 Å². The second-order valence-electron chi connectivity index (χ2n) is 3.37. The van der Waals surface area contributed by atoms with Crippen LogP contribution in [-0.2, 0) is 14.1 Å². The first-order valence-corrected chi connectivity index (χ1v) is 4.71. The lowest BCUT2D eigenvalue weighted by molar-refractivity contribution is 0.102. The minimum atomic E-state index is -0.432. The molecule has 0 saturated carbocycles. The van der Waals surface area contributed by atoms with E-state index in [0.29, 0.717) is 11.4 Å². The van der Waals surface area contributed by atoms with Crippen molar-refractivity contribution in [3.63, 3.8) is 0 Å². The predicted octanol–water partition coefficient (Wildman–Crippen LogP) is -0.327. The maximum atomic E-state index is 11.8. The summed E-state index contributed by atoms with van der Waals surface area (Å²) in [5, 5.41) is 22.6. The summed E-state index contributed by atoms with van der Waals surface area (Å²) in [6, 6.07) is 1.94. The molecule has 17 heavy (non-hydrogen) atoms. The fourth-order valence-corrected chi connectivity index (χ4v) is 1.29. The Balaban J connectivity index is 2.24. The highest BCUT2D eigenvalue weighted by Crippen LogP contribution is 2.13. The Morgan fingerprint density at radius 2 is 2.29 bits per heavy atom. The van der Waals surface area contributed by atoms with Crippen LogP contribution in [0.25, 0.3) is 0 Å². The number of amides is 1. The maximum Gasteiger partial charge on any atom is 0.279 e. The Morgan fingerprint density at radius 1 is 1.53 bits per heavy atom. The topological polar surface area (TPSA) is 101 Å². The molecule has 0 bridgehead atoms. The normalized spacial score (nSPS) is 9.94. The Hall–Kier alpha value is -2.69. The first kappa shape index (κ1) is 10.8. The van der Waals surface area contributed by atoms with Crippen molar-refractivity contribution in [3.8, 4) is 6.07 Å². The van der Waals surface area contributed by atoms with Crippen LogP contribution >= 0.6 is 0 Å². The Kier molecular flexibility index (Phi) is 2.58. The Labute approximate surface area is 96.5 Å². The summed E-state index contributed by atoms with van der Waals surface area (Å²) in [5.74, 6) is -0.0960. The zero-order chi connectivity index (χ0) is 12.4. The number of aromatic nitrogens is 5. The SMILES string of the molecule is Cn1cc(C(=O)Nc2c(C#N)cnn2C)nn1. The molecule has 0 fully saturated rings. The third-order valence-electron chi connectivity index (χ3n) is 2.13. The number of nitrogens with one attached hydrogen (secondary N) is 1. The zero-order valence-corrected chi connectivity index (χ0v) is 9.25. The molecule has 0 aliphatic heterocycles. The van der Waals surface area contributed by atoms with Gasteiger partial charge < -0.3 is 5.32 Å². The van der Waals surface area contributed by atoms with E-state index in [0.717, 1.165) is 0 Å². The molecular formula is C9H9N7O. The highest BCUT2D eigenvalue weighted by molar-refractivity contribution is 6.02. The Bertz CT molecular complexity index is 603. The van der Waals surface area contributed by atoms with Gasteiger partial charge in [-0.15, -0.1) is 5.10 Å². The average Bonchev–Trinajstić information content (AvgIpc) is 2.87. The van der Waals surface area contributed by atoms with Gasteiger partial charge in [-0.05, 0) is 0 Å². The molecule has 86 valence electrons. The minimum absolute atomic E-state index is 0.178. The van der Waals surface area contributed by atoms with Gasteiger partial charge in [0.25, 0.3) is 5.91 Å². The fourth-order valence-electron chi connectivity index (χ4n) is 1.29. The summed E-state index contributed by atoms with van der Waals surface area (Å²) in [5.41, 5.74) is 0.474. The number of nitrogens with zero attached hydrogens (tertiary/aromatic N) is 6. The van der Waals surface area contributed by atoms with Crippen LogP contribution in [0.4, 0.5) is 5.82 Å². The van der Waals surface area contributed by atoms with Gasteiger partial charge in [-0.1, -0.05) is 5.21 Å². The summed E-state index contributed by atoms with van der Waals surface area (Å²) >= 11 is 0. The molecule has 2 rings (SSSR count). The number of carbonyl (C=O) groups is 1. The highest BCUT2D eigenvalue weighted by Gasteiger charge is 2.15. The molecule has 8 heteroatoms. The molecule has 1 N–H and O–H groups in total. The lowest BCUT2D eigenvalue weighted by Gasteiger charge is -2.03. The monoisotopic (exact) mass is 231 g/mol. The fraction of sp³-hybridized carbons (Fsp3) is 0.222. The van der Waals surface area contributed by atoms with Crippen LogP contribution in [0.5, 0.6) is 0 Å². The molecule has 1 amide bonds. The molecule has 0 aliphatic rings.